The number of ether oxygens (including phenoxy) is 1. The summed E-state index contributed by atoms with van der Waals surface area (Å²) in [5.41, 5.74) is 1.63. The molecule has 0 radical (unpaired) electrons. The molecule has 0 fully saturated rings. The Hall–Kier alpha value is -2.35. The molecule has 1 aromatic rings. The minimum atomic E-state index is -3.53. The van der Waals surface area contributed by atoms with Crippen LogP contribution in [0.15, 0.2) is 65.4 Å². The number of aliphatic hydroxyl groups excluding tert-OH is 1. The van der Waals surface area contributed by atoms with E-state index in [1.165, 1.54) is 0 Å². The molecule has 5 nitrogen and oxygen atoms in total. The summed E-state index contributed by atoms with van der Waals surface area (Å²) < 4.78 is 55.3. The smallest absolute Gasteiger partial charge is 0.272 e. The Morgan fingerprint density at radius 3 is 2.65 bits per heavy atom. The molecule has 0 bridgehead atoms. The van der Waals surface area contributed by atoms with Gasteiger partial charge in [-0.25, -0.2) is 17.2 Å². The van der Waals surface area contributed by atoms with E-state index in [-0.39, 0.29) is 35.5 Å². The van der Waals surface area contributed by atoms with Crippen molar-refractivity contribution in [2.75, 3.05) is 12.4 Å². The van der Waals surface area contributed by atoms with E-state index in [1.54, 1.807) is 42.5 Å². The topological polar surface area (TPSA) is 75.6 Å². The van der Waals surface area contributed by atoms with E-state index < -0.39 is 22.9 Å². The van der Waals surface area contributed by atoms with Crippen molar-refractivity contribution < 1.29 is 27.0 Å². The number of hydrogen-bond acceptors (Lipinski definition) is 5. The quantitative estimate of drug-likeness (QED) is 0.757. The normalized spacial score (nSPS) is 19.7. The fourth-order valence-electron chi connectivity index (χ4n) is 3.03. The second-order valence-corrected chi connectivity index (χ2v) is 8.32. The fraction of sp³-hybridized carbons (Fsp3) is 0.333. The van der Waals surface area contributed by atoms with Crippen molar-refractivity contribution in [3.8, 4) is 0 Å². The lowest BCUT2D eigenvalue weighted by Gasteiger charge is -2.23. The van der Waals surface area contributed by atoms with E-state index in [0.29, 0.717) is 16.8 Å². The van der Waals surface area contributed by atoms with Crippen LogP contribution in [0.4, 0.5) is 8.78 Å². The van der Waals surface area contributed by atoms with Gasteiger partial charge in [0.1, 0.15) is 12.4 Å². The summed E-state index contributed by atoms with van der Waals surface area (Å²) in [6.45, 7) is -0.795. The summed E-state index contributed by atoms with van der Waals surface area (Å²) in [4.78, 5) is 0. The Kier molecular flexibility index (Phi) is 5.31. The third kappa shape index (κ3) is 4.63. The molecule has 0 spiro atoms. The number of aliphatic hydroxyl groups is 1. The summed E-state index contributed by atoms with van der Waals surface area (Å²) in [5.74, 6) is -0.517. The number of allylic oxidation sites excluding steroid dienone is 3. The van der Waals surface area contributed by atoms with Gasteiger partial charge >= 0.3 is 0 Å². The number of fused-ring (bicyclic) bond motifs is 1. The van der Waals surface area contributed by atoms with Crippen LogP contribution in [0.2, 0.25) is 0 Å². The van der Waals surface area contributed by atoms with Crippen molar-refractivity contribution in [1.82, 2.24) is 5.32 Å². The van der Waals surface area contributed by atoms with Crippen LogP contribution in [-0.4, -0.2) is 32.3 Å². The average Bonchev–Trinajstić information content (AvgIpc) is 2.91. The minimum Gasteiger partial charge on any atom is -0.495 e. The lowest BCUT2D eigenvalue weighted by Crippen LogP contribution is -2.21. The Bertz CT molecular complexity index is 860. The van der Waals surface area contributed by atoms with Crippen LogP contribution in [0.1, 0.15) is 12.0 Å². The van der Waals surface area contributed by atoms with Crippen LogP contribution in [0.5, 0.6) is 0 Å². The molecule has 0 amide bonds. The Morgan fingerprint density at radius 1 is 1.23 bits per heavy atom. The maximum atomic E-state index is 12.6. The lowest BCUT2D eigenvalue weighted by molar-refractivity contribution is 0.0440. The first-order valence-corrected chi connectivity index (χ1v) is 9.91. The summed E-state index contributed by atoms with van der Waals surface area (Å²) in [6.07, 6.45) is 0.691. The summed E-state index contributed by atoms with van der Waals surface area (Å²) in [6, 6.07) is 8.74. The van der Waals surface area contributed by atoms with Crippen molar-refractivity contribution in [1.29, 1.82) is 0 Å². The zero-order valence-corrected chi connectivity index (χ0v) is 14.7. The number of nitrogens with one attached hydrogen (secondary N) is 1. The van der Waals surface area contributed by atoms with E-state index in [4.69, 9.17) is 4.74 Å². The molecule has 2 aliphatic rings. The molecule has 1 heterocycles. The molecule has 1 aromatic carbocycles. The first-order chi connectivity index (χ1) is 12.3. The highest BCUT2D eigenvalue weighted by Crippen LogP contribution is 2.34. The van der Waals surface area contributed by atoms with Crippen molar-refractivity contribution in [2.45, 2.75) is 18.6 Å². The molecule has 2 N–H and O–H groups in total. The Balaban J connectivity index is 1.82. The summed E-state index contributed by atoms with van der Waals surface area (Å²) in [7, 11) is -3.53. The van der Waals surface area contributed by atoms with Gasteiger partial charge in [-0.3, -0.25) is 0 Å². The molecule has 3 rings (SSSR count). The maximum absolute atomic E-state index is 12.6. The van der Waals surface area contributed by atoms with Crippen LogP contribution in [-0.2, 0) is 20.3 Å². The molecule has 0 saturated heterocycles. The Morgan fingerprint density at radius 2 is 1.96 bits per heavy atom. The summed E-state index contributed by atoms with van der Waals surface area (Å²) in [5, 5.41) is 12.3. The lowest BCUT2D eigenvalue weighted by atomic mass is 9.93. The number of hydrogen-bond donors (Lipinski definition) is 2. The van der Waals surface area contributed by atoms with Gasteiger partial charge in [0.2, 0.25) is 0 Å². The van der Waals surface area contributed by atoms with Gasteiger partial charge in [-0.15, -0.1) is 0 Å². The minimum absolute atomic E-state index is 0.0390. The van der Waals surface area contributed by atoms with Crippen molar-refractivity contribution in [2.24, 2.45) is 5.92 Å². The number of alkyl halides is 2. The molecule has 1 aliphatic carbocycles. The van der Waals surface area contributed by atoms with Gasteiger partial charge < -0.3 is 15.2 Å². The molecule has 1 unspecified atom stereocenters. The van der Waals surface area contributed by atoms with Crippen LogP contribution < -0.4 is 5.32 Å². The maximum Gasteiger partial charge on any atom is 0.272 e. The van der Waals surface area contributed by atoms with Crippen LogP contribution in [0, 0.1) is 5.92 Å². The zero-order chi connectivity index (χ0) is 18.7. The number of halogens is 2. The van der Waals surface area contributed by atoms with Crippen molar-refractivity contribution >= 4 is 9.84 Å². The van der Waals surface area contributed by atoms with E-state index in [0.717, 1.165) is 0 Å². The first-order valence-electron chi connectivity index (χ1n) is 8.09. The molecule has 26 heavy (non-hydrogen) atoms. The molecule has 1 atom stereocenters. The van der Waals surface area contributed by atoms with Crippen LogP contribution >= 0.6 is 0 Å². The molecule has 8 heteroatoms. The van der Waals surface area contributed by atoms with E-state index in [1.807, 2.05) is 0 Å². The molecule has 140 valence electrons. The number of rotatable bonds is 7. The fourth-order valence-corrected chi connectivity index (χ4v) is 4.55. The highest BCUT2D eigenvalue weighted by atomic mass is 32.2. The number of sulfone groups is 1. The van der Waals surface area contributed by atoms with Gasteiger partial charge in [-0.2, -0.15) is 0 Å². The van der Waals surface area contributed by atoms with Gasteiger partial charge in [-0.1, -0.05) is 30.3 Å². The molecule has 0 saturated carbocycles. The summed E-state index contributed by atoms with van der Waals surface area (Å²) >= 11 is 0. The van der Waals surface area contributed by atoms with Crippen LogP contribution in [0.3, 0.4) is 0 Å². The standard InChI is InChI=1S/C18H19F2NO4S/c19-17(20)9-25-16-7-13-8-18(22)21-15(13)6-14(16)11-26(23,24)10-12-4-2-1-3-5-12/h1-6,8,13,17,21-22H,7,9-11H2. The van der Waals surface area contributed by atoms with Crippen molar-refractivity contribution in [3.05, 3.63) is 71.0 Å². The third-order valence-corrected chi connectivity index (χ3v) is 5.64. The van der Waals surface area contributed by atoms with Gasteiger partial charge in [-0.05, 0) is 17.7 Å². The van der Waals surface area contributed by atoms with Gasteiger partial charge in [0.05, 0.1) is 11.5 Å². The number of benzene rings is 1. The monoisotopic (exact) mass is 383 g/mol. The molecular formula is C18H19F2NO4S. The largest absolute Gasteiger partial charge is 0.495 e. The molecule has 1 aliphatic heterocycles. The van der Waals surface area contributed by atoms with E-state index in [9.17, 15) is 22.3 Å². The predicted octanol–water partition coefficient (Wildman–Crippen LogP) is 3.04. The predicted molar refractivity (Wildman–Crippen MR) is 93.0 cm³/mol. The van der Waals surface area contributed by atoms with Gasteiger partial charge in [0, 0.05) is 23.6 Å². The average molecular weight is 383 g/mol. The van der Waals surface area contributed by atoms with Gasteiger partial charge in [0.15, 0.2) is 15.7 Å². The molecular weight excluding hydrogens is 364 g/mol. The van der Waals surface area contributed by atoms with E-state index >= 15 is 0 Å². The Labute approximate surface area is 150 Å². The second kappa shape index (κ2) is 7.49. The molecule has 0 aromatic heterocycles. The van der Waals surface area contributed by atoms with E-state index in [2.05, 4.69) is 5.32 Å². The highest BCUT2D eigenvalue weighted by molar-refractivity contribution is 7.90. The zero-order valence-electron chi connectivity index (χ0n) is 13.9. The second-order valence-electron chi connectivity index (χ2n) is 6.26. The van der Waals surface area contributed by atoms with Crippen LogP contribution in [0.25, 0.3) is 0 Å². The first kappa shape index (κ1) is 18.4. The third-order valence-electron chi connectivity index (χ3n) is 4.11. The van der Waals surface area contributed by atoms with Gasteiger partial charge in [0.25, 0.3) is 6.43 Å². The SMILES string of the molecule is O=S(=O)(CC1=C(OCC(F)F)CC2C=C(O)NC2=C1)Cc1ccccc1. The van der Waals surface area contributed by atoms with Crippen molar-refractivity contribution in [3.63, 3.8) is 0 Å². The highest BCUT2D eigenvalue weighted by Gasteiger charge is 2.30.